The van der Waals surface area contributed by atoms with E-state index in [0.29, 0.717) is 17.5 Å². The SMILES string of the molecule is CS/C(=C\[N+](=O)[O-])N1C=CC(c2ccccc2)C(C2=NC(C)(C)CO2)=C1. The molecule has 0 aliphatic carbocycles. The third-order valence-corrected chi connectivity index (χ3v) is 4.84. The summed E-state index contributed by atoms with van der Waals surface area (Å²) in [6.07, 6.45) is 8.57. The fourth-order valence-corrected chi connectivity index (χ4v) is 3.40. The van der Waals surface area contributed by atoms with Gasteiger partial charge in [-0.25, -0.2) is 4.99 Å². The van der Waals surface area contributed by atoms with Crippen molar-refractivity contribution in [3.8, 4) is 0 Å². The zero-order chi connectivity index (χ0) is 18.7. The normalized spacial score (nSPS) is 21.9. The molecule has 0 bridgehead atoms. The molecule has 6 nitrogen and oxygen atoms in total. The lowest BCUT2D eigenvalue weighted by Gasteiger charge is -2.27. The second kappa shape index (κ2) is 7.37. The van der Waals surface area contributed by atoms with Crippen LogP contribution in [-0.4, -0.2) is 34.1 Å². The topological polar surface area (TPSA) is 68.0 Å². The van der Waals surface area contributed by atoms with E-state index in [1.54, 1.807) is 4.90 Å². The van der Waals surface area contributed by atoms with Gasteiger partial charge in [0.25, 0.3) is 6.20 Å². The number of aliphatic imine (C=N–C) groups is 1. The Morgan fingerprint density at radius 1 is 1.42 bits per heavy atom. The Kier molecular flexibility index (Phi) is 5.18. The summed E-state index contributed by atoms with van der Waals surface area (Å²) >= 11 is 1.32. The van der Waals surface area contributed by atoms with Gasteiger partial charge in [-0.1, -0.05) is 36.4 Å². The molecule has 26 heavy (non-hydrogen) atoms. The number of hydrogen-bond acceptors (Lipinski definition) is 6. The number of ether oxygens (including phenoxy) is 1. The number of nitro groups is 1. The molecule has 3 rings (SSSR count). The number of rotatable bonds is 5. The lowest BCUT2D eigenvalue weighted by molar-refractivity contribution is -0.403. The third-order valence-electron chi connectivity index (χ3n) is 4.10. The highest BCUT2D eigenvalue weighted by Gasteiger charge is 2.33. The molecule has 0 saturated carbocycles. The minimum absolute atomic E-state index is 0.0150. The summed E-state index contributed by atoms with van der Waals surface area (Å²) in [5, 5.41) is 11.4. The molecule has 0 radical (unpaired) electrons. The second-order valence-corrected chi connectivity index (χ2v) is 7.52. The standard InChI is InChI=1S/C19H21N3O3S/c1-19(2)13-25-18(20-19)16-11-21(17(26-3)12-22(23)24)10-9-15(16)14-7-5-4-6-8-14/h4-12,15H,13H2,1-3H3/b17-12-. The second-order valence-electron chi connectivity index (χ2n) is 6.70. The number of thioether (sulfide) groups is 1. The molecule has 1 aromatic carbocycles. The maximum atomic E-state index is 10.9. The summed E-state index contributed by atoms with van der Waals surface area (Å²) in [5.41, 5.74) is 1.74. The van der Waals surface area contributed by atoms with Gasteiger partial charge in [-0.3, -0.25) is 10.1 Å². The van der Waals surface area contributed by atoms with Crippen molar-refractivity contribution in [1.29, 1.82) is 0 Å². The average molecular weight is 371 g/mol. The van der Waals surface area contributed by atoms with E-state index < -0.39 is 4.92 Å². The van der Waals surface area contributed by atoms with Crippen molar-refractivity contribution in [3.05, 3.63) is 81.3 Å². The van der Waals surface area contributed by atoms with E-state index in [1.807, 2.05) is 56.8 Å². The average Bonchev–Trinajstić information content (AvgIpc) is 2.99. The number of hydrogen-bond donors (Lipinski definition) is 0. The summed E-state index contributed by atoms with van der Waals surface area (Å²) in [6, 6.07) is 10.1. The Labute approximate surface area is 157 Å². The van der Waals surface area contributed by atoms with Gasteiger partial charge in [-0.15, -0.1) is 11.8 Å². The minimum atomic E-state index is -0.441. The molecular weight excluding hydrogens is 350 g/mol. The maximum absolute atomic E-state index is 10.9. The molecule has 0 amide bonds. The molecule has 2 heterocycles. The summed E-state index contributed by atoms with van der Waals surface area (Å²) in [7, 11) is 0. The van der Waals surface area contributed by atoms with E-state index in [9.17, 15) is 10.1 Å². The molecular formula is C19H21N3O3S. The van der Waals surface area contributed by atoms with Crippen LogP contribution in [0.3, 0.4) is 0 Å². The monoisotopic (exact) mass is 371 g/mol. The lowest BCUT2D eigenvalue weighted by Crippen LogP contribution is -2.21. The van der Waals surface area contributed by atoms with Crippen LogP contribution in [0.25, 0.3) is 0 Å². The molecule has 7 heteroatoms. The van der Waals surface area contributed by atoms with E-state index in [4.69, 9.17) is 9.73 Å². The van der Waals surface area contributed by atoms with Crippen molar-refractivity contribution in [2.24, 2.45) is 4.99 Å². The van der Waals surface area contributed by atoms with Gasteiger partial charge in [0.2, 0.25) is 5.90 Å². The van der Waals surface area contributed by atoms with Crippen LogP contribution in [-0.2, 0) is 4.74 Å². The van der Waals surface area contributed by atoms with Gasteiger partial charge in [-0.2, -0.15) is 0 Å². The fourth-order valence-electron chi connectivity index (χ4n) is 2.88. The molecule has 0 N–H and O–H groups in total. The van der Waals surface area contributed by atoms with Crippen LogP contribution in [0.1, 0.15) is 25.3 Å². The van der Waals surface area contributed by atoms with Crippen LogP contribution in [0, 0.1) is 10.1 Å². The van der Waals surface area contributed by atoms with E-state index >= 15 is 0 Å². The van der Waals surface area contributed by atoms with Crippen LogP contribution in [0.15, 0.2) is 70.6 Å². The highest BCUT2D eigenvalue weighted by atomic mass is 32.2. The van der Waals surface area contributed by atoms with Gasteiger partial charge in [0, 0.05) is 23.9 Å². The van der Waals surface area contributed by atoms with E-state index in [1.165, 1.54) is 11.8 Å². The van der Waals surface area contributed by atoms with Crippen molar-refractivity contribution >= 4 is 17.7 Å². The van der Waals surface area contributed by atoms with Crippen molar-refractivity contribution in [3.63, 3.8) is 0 Å². The first-order valence-electron chi connectivity index (χ1n) is 8.25. The van der Waals surface area contributed by atoms with Crippen LogP contribution >= 0.6 is 11.8 Å². The molecule has 0 aromatic heterocycles. The van der Waals surface area contributed by atoms with Gasteiger partial charge < -0.3 is 9.64 Å². The molecule has 0 fully saturated rings. The van der Waals surface area contributed by atoms with Crippen LogP contribution in [0.4, 0.5) is 0 Å². The molecule has 0 spiro atoms. The Bertz CT molecular complexity index is 813. The first kappa shape index (κ1) is 18.3. The first-order chi connectivity index (χ1) is 12.4. The number of benzene rings is 1. The third kappa shape index (κ3) is 3.99. The maximum Gasteiger partial charge on any atom is 0.264 e. The van der Waals surface area contributed by atoms with Crippen LogP contribution < -0.4 is 0 Å². The quantitative estimate of drug-likeness (QED) is 0.575. The van der Waals surface area contributed by atoms with Crippen molar-refractivity contribution in [2.45, 2.75) is 25.3 Å². The predicted octanol–water partition coefficient (Wildman–Crippen LogP) is 4.13. The molecule has 1 aromatic rings. The molecule has 2 aliphatic rings. The van der Waals surface area contributed by atoms with Crippen LogP contribution in [0.2, 0.25) is 0 Å². The zero-order valence-electron chi connectivity index (χ0n) is 15.0. The Balaban J connectivity index is 2.03. The largest absolute Gasteiger partial charge is 0.475 e. The summed E-state index contributed by atoms with van der Waals surface area (Å²) in [5.74, 6) is 0.582. The zero-order valence-corrected chi connectivity index (χ0v) is 15.8. The Morgan fingerprint density at radius 3 is 2.73 bits per heavy atom. The number of nitrogens with zero attached hydrogens (tertiary/aromatic N) is 3. The van der Waals surface area contributed by atoms with Gasteiger partial charge in [0.15, 0.2) is 0 Å². The fraction of sp³-hybridized carbons (Fsp3) is 0.316. The highest BCUT2D eigenvalue weighted by molar-refractivity contribution is 8.02. The van der Waals surface area contributed by atoms with E-state index in [2.05, 4.69) is 12.1 Å². The summed E-state index contributed by atoms with van der Waals surface area (Å²) in [6.45, 7) is 4.56. The molecule has 1 atom stereocenters. The van der Waals surface area contributed by atoms with Gasteiger partial charge >= 0.3 is 0 Å². The van der Waals surface area contributed by atoms with Crippen LogP contribution in [0.5, 0.6) is 0 Å². The van der Waals surface area contributed by atoms with E-state index in [-0.39, 0.29) is 11.5 Å². The first-order valence-corrected chi connectivity index (χ1v) is 9.48. The summed E-state index contributed by atoms with van der Waals surface area (Å²) in [4.78, 5) is 16.9. The lowest BCUT2D eigenvalue weighted by atomic mass is 9.89. The van der Waals surface area contributed by atoms with Gasteiger partial charge in [0.05, 0.1) is 10.5 Å². The van der Waals surface area contributed by atoms with Gasteiger partial charge in [-0.05, 0) is 25.7 Å². The molecule has 2 aliphatic heterocycles. The highest BCUT2D eigenvalue weighted by Crippen LogP contribution is 2.36. The smallest absolute Gasteiger partial charge is 0.264 e. The molecule has 0 saturated heterocycles. The van der Waals surface area contributed by atoms with Crippen molar-refractivity contribution in [1.82, 2.24) is 4.90 Å². The van der Waals surface area contributed by atoms with Gasteiger partial charge in [0.1, 0.15) is 11.6 Å². The Morgan fingerprint density at radius 2 is 2.15 bits per heavy atom. The van der Waals surface area contributed by atoms with E-state index in [0.717, 1.165) is 17.3 Å². The Hall–Kier alpha value is -2.54. The minimum Gasteiger partial charge on any atom is -0.475 e. The predicted molar refractivity (Wildman–Crippen MR) is 104 cm³/mol. The molecule has 1 unspecified atom stereocenters. The molecule has 136 valence electrons. The van der Waals surface area contributed by atoms with Crippen molar-refractivity contribution in [2.75, 3.05) is 12.9 Å². The number of allylic oxidation sites excluding steroid dienone is 1. The summed E-state index contributed by atoms with van der Waals surface area (Å²) < 4.78 is 5.86. The van der Waals surface area contributed by atoms with Crippen molar-refractivity contribution < 1.29 is 9.66 Å².